The maximum Gasteiger partial charge on any atom is 0.204 e. The van der Waals surface area contributed by atoms with Crippen LogP contribution in [0.5, 0.6) is 11.5 Å². The fraction of sp³-hybridized carbons (Fsp3) is 0.0455. The van der Waals surface area contributed by atoms with Crippen LogP contribution in [0, 0.1) is 0 Å². The monoisotopic (exact) mass is 422 g/mol. The molecule has 0 aliphatic rings. The van der Waals surface area contributed by atoms with Gasteiger partial charge in [-0.1, -0.05) is 58.4 Å². The quantitative estimate of drug-likeness (QED) is 0.471. The largest absolute Gasteiger partial charge is 0.507 e. The predicted molar refractivity (Wildman–Crippen MR) is 108 cm³/mol. The Bertz CT molecular complexity index is 1150. The van der Waals surface area contributed by atoms with Crippen LogP contribution < -0.4 is 10.2 Å². The summed E-state index contributed by atoms with van der Waals surface area (Å²) in [6.07, 6.45) is 1.41. The number of phenolic OH excluding ortho intramolecular Hbond substituents is 1. The third kappa shape index (κ3) is 3.59. The number of rotatable bonds is 4. The highest BCUT2D eigenvalue weighted by Crippen LogP contribution is 2.30. The summed E-state index contributed by atoms with van der Waals surface area (Å²) < 4.78 is 12.4. The number of hydrogen-bond acceptors (Lipinski definition) is 4. The maximum atomic E-state index is 12.8. The molecule has 1 aromatic heterocycles. The molecule has 4 rings (SSSR count). The van der Waals surface area contributed by atoms with E-state index in [1.54, 1.807) is 6.07 Å². The third-order valence-electron chi connectivity index (χ3n) is 4.23. The third-order valence-corrected chi connectivity index (χ3v) is 4.76. The van der Waals surface area contributed by atoms with Crippen LogP contribution in [0.4, 0.5) is 0 Å². The first-order valence-electron chi connectivity index (χ1n) is 8.33. The topological polar surface area (TPSA) is 59.7 Å². The zero-order valence-corrected chi connectivity index (χ0v) is 15.8. The first-order chi connectivity index (χ1) is 13.1. The number of halogens is 1. The lowest BCUT2D eigenvalue weighted by molar-refractivity contribution is 0.304. The molecule has 0 aliphatic heterocycles. The lowest BCUT2D eigenvalue weighted by Gasteiger charge is -2.09. The second-order valence-corrected chi connectivity index (χ2v) is 6.99. The average molecular weight is 423 g/mol. The minimum Gasteiger partial charge on any atom is -0.507 e. The van der Waals surface area contributed by atoms with Crippen molar-refractivity contribution in [3.05, 3.63) is 93.3 Å². The van der Waals surface area contributed by atoms with Crippen molar-refractivity contribution >= 4 is 26.9 Å². The van der Waals surface area contributed by atoms with Crippen LogP contribution in [-0.2, 0) is 6.61 Å². The summed E-state index contributed by atoms with van der Waals surface area (Å²) in [6, 6.07) is 20.0. The molecule has 0 saturated carbocycles. The maximum absolute atomic E-state index is 12.8. The second-order valence-electron chi connectivity index (χ2n) is 6.08. The molecule has 4 aromatic rings. The zero-order valence-electron chi connectivity index (χ0n) is 14.2. The van der Waals surface area contributed by atoms with E-state index >= 15 is 0 Å². The van der Waals surface area contributed by atoms with E-state index in [-0.39, 0.29) is 22.1 Å². The number of hydrogen-bond donors (Lipinski definition) is 1. The summed E-state index contributed by atoms with van der Waals surface area (Å²) in [7, 11) is 0. The highest BCUT2D eigenvalue weighted by molar-refractivity contribution is 9.10. The van der Waals surface area contributed by atoms with Crippen molar-refractivity contribution in [3.63, 3.8) is 0 Å². The number of aromatic hydroxyl groups is 1. The van der Waals surface area contributed by atoms with Gasteiger partial charge in [0.2, 0.25) is 5.43 Å². The van der Waals surface area contributed by atoms with Crippen LogP contribution in [0.3, 0.4) is 0 Å². The standard InChI is InChI=1S/C22H15BrO4/c23-16-8-6-14(7-9-16)12-26-17-10-19(24)21-20(11-17)27-13-18(22(21)25)15-4-2-1-3-5-15/h1-11,13,24H,12H2. The number of benzene rings is 3. The Kier molecular flexibility index (Phi) is 4.69. The van der Waals surface area contributed by atoms with Gasteiger partial charge in [-0.05, 0) is 23.3 Å². The van der Waals surface area contributed by atoms with Gasteiger partial charge in [-0.2, -0.15) is 0 Å². The van der Waals surface area contributed by atoms with E-state index in [1.165, 1.54) is 12.3 Å². The molecule has 0 atom stereocenters. The van der Waals surface area contributed by atoms with Crippen molar-refractivity contribution in [3.8, 4) is 22.6 Å². The van der Waals surface area contributed by atoms with Crippen molar-refractivity contribution in [1.29, 1.82) is 0 Å². The SMILES string of the molecule is O=c1c(-c2ccccc2)coc2cc(OCc3ccc(Br)cc3)cc(O)c12. The molecule has 5 heteroatoms. The molecule has 1 N–H and O–H groups in total. The van der Waals surface area contributed by atoms with E-state index in [1.807, 2.05) is 54.6 Å². The van der Waals surface area contributed by atoms with Gasteiger partial charge in [-0.15, -0.1) is 0 Å². The summed E-state index contributed by atoms with van der Waals surface area (Å²) >= 11 is 3.39. The Hall–Kier alpha value is -3.05. The van der Waals surface area contributed by atoms with Gasteiger partial charge in [0.25, 0.3) is 0 Å². The normalized spacial score (nSPS) is 10.9. The van der Waals surface area contributed by atoms with Gasteiger partial charge in [-0.3, -0.25) is 4.79 Å². The van der Waals surface area contributed by atoms with Crippen LogP contribution in [0.1, 0.15) is 5.56 Å². The smallest absolute Gasteiger partial charge is 0.204 e. The molecule has 0 unspecified atom stereocenters. The van der Waals surface area contributed by atoms with Crippen LogP contribution in [0.15, 0.2) is 86.7 Å². The molecular weight excluding hydrogens is 408 g/mol. The Morgan fingerprint density at radius 2 is 1.74 bits per heavy atom. The summed E-state index contributed by atoms with van der Waals surface area (Å²) in [5.41, 5.74) is 2.13. The lowest BCUT2D eigenvalue weighted by atomic mass is 10.1. The molecule has 27 heavy (non-hydrogen) atoms. The predicted octanol–water partition coefficient (Wildman–Crippen LogP) is 5.51. The van der Waals surface area contributed by atoms with Crippen molar-refractivity contribution < 1.29 is 14.3 Å². The molecule has 3 aromatic carbocycles. The molecule has 0 fully saturated rings. The van der Waals surface area contributed by atoms with Gasteiger partial charge in [0.05, 0.1) is 5.56 Å². The van der Waals surface area contributed by atoms with E-state index < -0.39 is 0 Å². The van der Waals surface area contributed by atoms with Crippen molar-refractivity contribution in [2.24, 2.45) is 0 Å². The van der Waals surface area contributed by atoms with E-state index in [0.29, 0.717) is 17.9 Å². The molecule has 0 radical (unpaired) electrons. The summed E-state index contributed by atoms with van der Waals surface area (Å²) in [5, 5.41) is 10.5. The minimum atomic E-state index is -0.278. The highest BCUT2D eigenvalue weighted by Gasteiger charge is 2.14. The lowest BCUT2D eigenvalue weighted by Crippen LogP contribution is -2.05. The van der Waals surface area contributed by atoms with E-state index in [9.17, 15) is 9.90 Å². The Labute approximate surface area is 163 Å². The first kappa shape index (κ1) is 17.4. The fourth-order valence-electron chi connectivity index (χ4n) is 2.86. The van der Waals surface area contributed by atoms with Gasteiger partial charge in [-0.25, -0.2) is 0 Å². The highest BCUT2D eigenvalue weighted by atomic mass is 79.9. The van der Waals surface area contributed by atoms with Crippen LogP contribution in [0.2, 0.25) is 0 Å². The van der Waals surface area contributed by atoms with Crippen molar-refractivity contribution in [1.82, 2.24) is 0 Å². The summed E-state index contributed by atoms with van der Waals surface area (Å²) in [4.78, 5) is 12.8. The Morgan fingerprint density at radius 1 is 1.00 bits per heavy atom. The van der Waals surface area contributed by atoms with Crippen molar-refractivity contribution in [2.75, 3.05) is 0 Å². The number of phenols is 1. The molecular formula is C22H15BrO4. The number of fused-ring (bicyclic) bond motifs is 1. The van der Waals surface area contributed by atoms with Gasteiger partial charge >= 0.3 is 0 Å². The van der Waals surface area contributed by atoms with E-state index in [4.69, 9.17) is 9.15 Å². The molecule has 0 spiro atoms. The minimum absolute atomic E-state index is 0.146. The van der Waals surface area contributed by atoms with E-state index in [0.717, 1.165) is 15.6 Å². The average Bonchev–Trinajstić information content (AvgIpc) is 2.68. The van der Waals surface area contributed by atoms with Gasteiger partial charge in [0.15, 0.2) is 0 Å². The van der Waals surface area contributed by atoms with Crippen LogP contribution >= 0.6 is 15.9 Å². The molecule has 134 valence electrons. The van der Waals surface area contributed by atoms with E-state index in [2.05, 4.69) is 15.9 Å². The Morgan fingerprint density at radius 3 is 2.48 bits per heavy atom. The Balaban J connectivity index is 1.68. The van der Waals surface area contributed by atoms with Crippen LogP contribution in [-0.4, -0.2) is 5.11 Å². The van der Waals surface area contributed by atoms with Gasteiger partial charge < -0.3 is 14.3 Å². The second kappa shape index (κ2) is 7.29. The van der Waals surface area contributed by atoms with Gasteiger partial charge in [0, 0.05) is 16.6 Å². The molecule has 1 heterocycles. The van der Waals surface area contributed by atoms with Gasteiger partial charge in [0.1, 0.15) is 35.3 Å². The molecule has 0 saturated heterocycles. The first-order valence-corrected chi connectivity index (χ1v) is 9.12. The molecule has 0 aliphatic carbocycles. The summed E-state index contributed by atoms with van der Waals surface area (Å²) in [6.45, 7) is 0.338. The van der Waals surface area contributed by atoms with Crippen LogP contribution in [0.25, 0.3) is 22.1 Å². The van der Waals surface area contributed by atoms with Crippen molar-refractivity contribution in [2.45, 2.75) is 6.61 Å². The fourth-order valence-corrected chi connectivity index (χ4v) is 3.12. The molecule has 0 bridgehead atoms. The summed E-state index contributed by atoms with van der Waals surface area (Å²) in [5.74, 6) is 0.267. The molecule has 4 nitrogen and oxygen atoms in total. The zero-order chi connectivity index (χ0) is 18.8. The molecule has 0 amide bonds. The number of ether oxygens (including phenoxy) is 1.